The SMILES string of the molecule is OCC(O)C(O)C(O)C(O)C=NCCN1CCC(c2ccccc2)CC1. The minimum atomic E-state index is -1.63. The van der Waals surface area contributed by atoms with Gasteiger partial charge in [0.05, 0.1) is 13.2 Å². The van der Waals surface area contributed by atoms with Crippen LogP contribution < -0.4 is 0 Å². The summed E-state index contributed by atoms with van der Waals surface area (Å²) >= 11 is 0. The van der Waals surface area contributed by atoms with E-state index < -0.39 is 31.0 Å². The lowest BCUT2D eigenvalue weighted by Crippen LogP contribution is -2.46. The highest BCUT2D eigenvalue weighted by molar-refractivity contribution is 5.63. The zero-order valence-corrected chi connectivity index (χ0v) is 14.9. The van der Waals surface area contributed by atoms with Gasteiger partial charge < -0.3 is 30.4 Å². The van der Waals surface area contributed by atoms with Crippen molar-refractivity contribution in [2.45, 2.75) is 43.2 Å². The third-order valence-electron chi connectivity index (χ3n) is 4.94. The van der Waals surface area contributed by atoms with E-state index in [0.29, 0.717) is 12.5 Å². The smallest absolute Gasteiger partial charge is 0.117 e. The Morgan fingerprint density at radius 1 is 1.04 bits per heavy atom. The maximum atomic E-state index is 9.76. The first-order valence-corrected chi connectivity index (χ1v) is 9.13. The molecule has 4 atom stereocenters. The van der Waals surface area contributed by atoms with E-state index in [-0.39, 0.29) is 0 Å². The van der Waals surface area contributed by atoms with Gasteiger partial charge in [0.2, 0.25) is 0 Å². The van der Waals surface area contributed by atoms with Gasteiger partial charge in [0.25, 0.3) is 0 Å². The second kappa shape index (κ2) is 10.7. The average molecular weight is 366 g/mol. The number of aliphatic hydroxyl groups excluding tert-OH is 5. The van der Waals surface area contributed by atoms with Crippen molar-refractivity contribution in [2.24, 2.45) is 4.99 Å². The van der Waals surface area contributed by atoms with Crippen LogP contribution in [0.15, 0.2) is 35.3 Å². The fourth-order valence-corrected chi connectivity index (χ4v) is 3.22. The molecular weight excluding hydrogens is 336 g/mol. The van der Waals surface area contributed by atoms with E-state index in [1.807, 2.05) is 6.07 Å². The van der Waals surface area contributed by atoms with Crippen molar-refractivity contribution in [1.82, 2.24) is 4.90 Å². The van der Waals surface area contributed by atoms with Gasteiger partial charge in [-0.15, -0.1) is 0 Å². The van der Waals surface area contributed by atoms with Crippen LogP contribution in [0, 0.1) is 0 Å². The van der Waals surface area contributed by atoms with Crippen LogP contribution in [0.3, 0.4) is 0 Å². The molecule has 5 N–H and O–H groups in total. The summed E-state index contributed by atoms with van der Waals surface area (Å²) in [6.45, 7) is 2.56. The summed E-state index contributed by atoms with van der Waals surface area (Å²) in [6, 6.07) is 10.5. The Morgan fingerprint density at radius 3 is 2.31 bits per heavy atom. The first-order valence-electron chi connectivity index (χ1n) is 9.13. The van der Waals surface area contributed by atoms with Gasteiger partial charge in [-0.25, -0.2) is 0 Å². The van der Waals surface area contributed by atoms with Crippen LogP contribution in [0.5, 0.6) is 0 Å². The molecule has 4 unspecified atom stereocenters. The summed E-state index contributed by atoms with van der Waals surface area (Å²) in [4.78, 5) is 6.42. The van der Waals surface area contributed by atoms with Gasteiger partial charge >= 0.3 is 0 Å². The molecule has 26 heavy (non-hydrogen) atoms. The van der Waals surface area contributed by atoms with Gasteiger partial charge in [-0.05, 0) is 37.4 Å². The minimum Gasteiger partial charge on any atom is -0.394 e. The van der Waals surface area contributed by atoms with Crippen LogP contribution in [0.1, 0.15) is 24.3 Å². The molecule has 2 rings (SSSR count). The number of benzene rings is 1. The number of aliphatic imine (C=N–C) groups is 1. The van der Waals surface area contributed by atoms with Crippen molar-refractivity contribution in [3.8, 4) is 0 Å². The molecule has 146 valence electrons. The van der Waals surface area contributed by atoms with Crippen LogP contribution in [0.4, 0.5) is 0 Å². The van der Waals surface area contributed by atoms with Gasteiger partial charge in [0, 0.05) is 12.8 Å². The number of likely N-dealkylation sites (tertiary alicyclic amines) is 1. The van der Waals surface area contributed by atoms with Crippen LogP contribution in [0.25, 0.3) is 0 Å². The Labute approximate surface area is 154 Å². The van der Waals surface area contributed by atoms with E-state index >= 15 is 0 Å². The van der Waals surface area contributed by atoms with Crippen LogP contribution in [-0.4, -0.2) is 93.8 Å². The van der Waals surface area contributed by atoms with Crippen LogP contribution in [0.2, 0.25) is 0 Å². The predicted molar refractivity (Wildman–Crippen MR) is 99.3 cm³/mol. The number of piperidine rings is 1. The Morgan fingerprint density at radius 2 is 1.69 bits per heavy atom. The molecule has 0 aliphatic carbocycles. The maximum absolute atomic E-state index is 9.76. The Bertz CT molecular complexity index is 534. The second-order valence-corrected chi connectivity index (χ2v) is 6.80. The van der Waals surface area contributed by atoms with Crippen molar-refractivity contribution in [3.63, 3.8) is 0 Å². The summed E-state index contributed by atoms with van der Waals surface area (Å²) in [5.74, 6) is 0.604. The van der Waals surface area contributed by atoms with Crippen LogP contribution >= 0.6 is 0 Å². The number of rotatable bonds is 9. The summed E-state index contributed by atoms with van der Waals surface area (Å²) in [5.41, 5.74) is 1.39. The zero-order valence-electron chi connectivity index (χ0n) is 14.9. The normalized spacial score (nSPS) is 21.6. The molecule has 1 aliphatic heterocycles. The van der Waals surface area contributed by atoms with E-state index in [4.69, 9.17) is 5.11 Å². The van der Waals surface area contributed by atoms with Crippen molar-refractivity contribution in [2.75, 3.05) is 32.8 Å². The summed E-state index contributed by atoms with van der Waals surface area (Å²) in [6.07, 6.45) is -2.72. The lowest BCUT2D eigenvalue weighted by molar-refractivity contribution is -0.0999. The van der Waals surface area contributed by atoms with Crippen molar-refractivity contribution < 1.29 is 25.5 Å². The van der Waals surface area contributed by atoms with Crippen molar-refractivity contribution >= 4 is 6.21 Å². The largest absolute Gasteiger partial charge is 0.394 e. The van der Waals surface area contributed by atoms with Crippen molar-refractivity contribution in [1.29, 1.82) is 0 Å². The summed E-state index contributed by atoms with van der Waals surface area (Å²) in [7, 11) is 0. The molecule has 1 saturated heterocycles. The highest BCUT2D eigenvalue weighted by atomic mass is 16.4. The van der Waals surface area contributed by atoms with Gasteiger partial charge in [-0.3, -0.25) is 4.99 Å². The number of hydrogen-bond donors (Lipinski definition) is 5. The fourth-order valence-electron chi connectivity index (χ4n) is 3.22. The first kappa shape index (κ1) is 21.0. The molecule has 1 fully saturated rings. The monoisotopic (exact) mass is 366 g/mol. The van der Waals surface area contributed by atoms with Crippen molar-refractivity contribution in [3.05, 3.63) is 35.9 Å². The van der Waals surface area contributed by atoms with E-state index in [1.54, 1.807) is 0 Å². The highest BCUT2D eigenvalue weighted by Crippen LogP contribution is 2.27. The molecular formula is C19H30N2O5. The van der Waals surface area contributed by atoms with E-state index in [1.165, 1.54) is 11.8 Å². The zero-order chi connectivity index (χ0) is 18.9. The topological polar surface area (TPSA) is 117 Å². The number of aliphatic hydroxyl groups is 5. The van der Waals surface area contributed by atoms with E-state index in [0.717, 1.165) is 32.5 Å². The molecule has 0 saturated carbocycles. The van der Waals surface area contributed by atoms with Gasteiger partial charge in [-0.2, -0.15) is 0 Å². The average Bonchev–Trinajstić information content (AvgIpc) is 2.70. The van der Waals surface area contributed by atoms with Gasteiger partial charge in [0.15, 0.2) is 0 Å². The Hall–Kier alpha value is -1.35. The second-order valence-electron chi connectivity index (χ2n) is 6.80. The molecule has 1 aromatic carbocycles. The van der Waals surface area contributed by atoms with Gasteiger partial charge in [-0.1, -0.05) is 30.3 Å². The van der Waals surface area contributed by atoms with Gasteiger partial charge in [0.1, 0.15) is 24.4 Å². The number of nitrogens with zero attached hydrogens (tertiary/aromatic N) is 2. The van der Waals surface area contributed by atoms with E-state index in [9.17, 15) is 20.4 Å². The molecule has 0 radical (unpaired) electrons. The highest BCUT2D eigenvalue weighted by Gasteiger charge is 2.29. The third kappa shape index (κ3) is 6.12. The quantitative estimate of drug-likeness (QED) is 0.372. The molecule has 1 aliphatic rings. The molecule has 0 bridgehead atoms. The lowest BCUT2D eigenvalue weighted by Gasteiger charge is -2.31. The molecule has 1 heterocycles. The Balaban J connectivity index is 1.68. The molecule has 7 heteroatoms. The molecule has 0 aromatic heterocycles. The predicted octanol–water partition coefficient (Wildman–Crippen LogP) is -0.627. The number of hydrogen-bond acceptors (Lipinski definition) is 7. The molecule has 1 aromatic rings. The third-order valence-corrected chi connectivity index (χ3v) is 4.94. The molecule has 0 amide bonds. The standard InChI is InChI=1S/C19H30N2O5/c22-13-17(24)19(26)18(25)16(23)12-20-8-11-21-9-6-15(7-10-21)14-4-2-1-3-5-14/h1-5,12,15-19,22-26H,6-11,13H2. The molecule has 7 nitrogen and oxygen atoms in total. The van der Waals surface area contributed by atoms with E-state index in [2.05, 4.69) is 34.2 Å². The molecule has 0 spiro atoms. The first-order chi connectivity index (χ1) is 12.5. The Kier molecular flexibility index (Phi) is 8.64. The van der Waals surface area contributed by atoms with Crippen LogP contribution in [-0.2, 0) is 0 Å². The summed E-state index contributed by atoms with van der Waals surface area (Å²) in [5, 5.41) is 47.0. The maximum Gasteiger partial charge on any atom is 0.117 e. The fraction of sp³-hybridized carbons (Fsp3) is 0.632. The summed E-state index contributed by atoms with van der Waals surface area (Å²) < 4.78 is 0. The lowest BCUT2D eigenvalue weighted by atomic mass is 9.89. The minimum absolute atomic E-state index is 0.485.